The molecule has 1 N–H and O–H groups in total. The molecule has 1 aromatic rings. The zero-order chi connectivity index (χ0) is 17.2. The fraction of sp³-hybridized carbons (Fsp3) is 0.471. The summed E-state index contributed by atoms with van der Waals surface area (Å²) in [6, 6.07) is 4.37. The summed E-state index contributed by atoms with van der Waals surface area (Å²) in [5, 5.41) is -0.0405. The maximum atomic E-state index is 12.8. The second-order valence-corrected chi connectivity index (χ2v) is 9.04. The maximum absolute atomic E-state index is 12.8. The Hall–Kier alpha value is -0.170. The molecule has 2 atom stereocenters. The first kappa shape index (κ1) is 20.1. The van der Waals surface area contributed by atoms with Crippen molar-refractivity contribution in [3.05, 3.63) is 34.4 Å². The van der Waals surface area contributed by atoms with Gasteiger partial charge >= 0.3 is 0 Å². The number of halogens is 1. The summed E-state index contributed by atoms with van der Waals surface area (Å²) in [7, 11) is -4.39. The molecule has 2 unspecified atom stereocenters. The topological polar surface area (TPSA) is 71.4 Å². The summed E-state index contributed by atoms with van der Waals surface area (Å²) in [6.07, 6.45) is 3.59. The minimum Gasteiger partial charge on any atom is -0.294 e. The number of hydrogen-bond donors (Lipinski definition) is 1. The second kappa shape index (κ2) is 6.22. The molecule has 2 saturated carbocycles. The van der Waals surface area contributed by atoms with Gasteiger partial charge in [0, 0.05) is 35.0 Å². The van der Waals surface area contributed by atoms with Crippen molar-refractivity contribution in [1.82, 2.24) is 0 Å². The molecule has 2 aliphatic carbocycles. The van der Waals surface area contributed by atoms with Crippen molar-refractivity contribution in [2.45, 2.75) is 38.5 Å². The molecule has 1 radical (unpaired) electrons. The zero-order valence-corrected chi connectivity index (χ0v) is 17.8. The van der Waals surface area contributed by atoms with Crippen molar-refractivity contribution in [3.63, 3.8) is 0 Å². The van der Waals surface area contributed by atoms with Crippen molar-refractivity contribution in [3.8, 4) is 0 Å². The Morgan fingerprint density at radius 2 is 1.92 bits per heavy atom. The van der Waals surface area contributed by atoms with Gasteiger partial charge in [-0.15, -0.1) is 0 Å². The third-order valence-corrected chi connectivity index (χ3v) is 7.26. The van der Waals surface area contributed by atoms with Crippen LogP contribution in [0.5, 0.6) is 0 Å². The molecule has 1 aromatic carbocycles. The Kier molecular flexibility index (Phi) is 5.22. The molecule has 3 rings (SSSR count). The second-order valence-electron chi connectivity index (χ2n) is 7.24. The largest absolute Gasteiger partial charge is 0.296 e. The van der Waals surface area contributed by atoms with Crippen LogP contribution in [0, 0.1) is 16.7 Å². The Labute approximate surface area is 169 Å². The quantitative estimate of drug-likeness (QED) is 0.485. The van der Waals surface area contributed by atoms with Gasteiger partial charge in [-0.05, 0) is 53.5 Å². The Balaban J connectivity index is 0.00000208. The zero-order valence-electron chi connectivity index (χ0n) is 14.3. The molecule has 7 heteroatoms. The number of Topliss-reactive ketones (excluding diaryl/α,β-unsaturated/α-hetero) is 1. The maximum Gasteiger partial charge on any atom is 0.296 e. The normalized spacial score (nSPS) is 29.8. The third kappa shape index (κ3) is 2.83. The van der Waals surface area contributed by atoms with Gasteiger partial charge in [-0.3, -0.25) is 9.35 Å². The summed E-state index contributed by atoms with van der Waals surface area (Å²) in [6.45, 7) is 6.26. The first-order valence-corrected chi connectivity index (χ1v) is 9.34. The first-order valence-electron chi connectivity index (χ1n) is 7.52. The number of carbonyl (C=O) groups excluding carboxylic acids is 1. The van der Waals surface area contributed by atoms with E-state index in [0.717, 1.165) is 18.4 Å². The van der Waals surface area contributed by atoms with Crippen molar-refractivity contribution in [2.24, 2.45) is 16.7 Å². The predicted molar refractivity (Wildman–Crippen MR) is 94.6 cm³/mol. The van der Waals surface area contributed by atoms with E-state index in [-0.39, 0.29) is 62.0 Å². The van der Waals surface area contributed by atoms with Crippen LogP contribution >= 0.6 is 11.6 Å². The number of fused-ring (bicyclic) bond motifs is 2. The van der Waals surface area contributed by atoms with Crippen molar-refractivity contribution >= 4 is 63.1 Å². The van der Waals surface area contributed by atoms with Gasteiger partial charge in [-0.2, -0.15) is 8.42 Å². The van der Waals surface area contributed by atoms with Crippen molar-refractivity contribution < 1.29 is 17.8 Å². The Morgan fingerprint density at radius 1 is 1.29 bits per heavy atom. The van der Waals surface area contributed by atoms with Crippen LogP contribution in [0.4, 0.5) is 0 Å². The molecule has 0 aliphatic heterocycles. The molecule has 0 spiro atoms. The standard InChI is InChI=1S/C17H19ClO4S.Na/c1-16(2)12-6-7-17(16,3)15(19)11(12)8-10-4-5-13(18)14(9-10)23(20,21)22;/h4-5,8-9,12H,6-7H2,1-3H3,(H,20,21,22);. The fourth-order valence-corrected chi connectivity index (χ4v) is 5.09. The van der Waals surface area contributed by atoms with E-state index in [0.29, 0.717) is 5.56 Å². The minimum absolute atomic E-state index is 0. The molecule has 2 aliphatic rings. The summed E-state index contributed by atoms with van der Waals surface area (Å²) < 4.78 is 32.0. The summed E-state index contributed by atoms with van der Waals surface area (Å²) >= 11 is 5.83. The smallest absolute Gasteiger partial charge is 0.294 e. The Bertz CT molecular complexity index is 844. The van der Waals surface area contributed by atoms with Crippen LogP contribution in [0.2, 0.25) is 5.02 Å². The van der Waals surface area contributed by atoms with Crippen LogP contribution < -0.4 is 0 Å². The number of benzene rings is 1. The van der Waals surface area contributed by atoms with Gasteiger partial charge in [0.2, 0.25) is 0 Å². The van der Waals surface area contributed by atoms with Crippen LogP contribution in [0.1, 0.15) is 39.2 Å². The van der Waals surface area contributed by atoms with Gasteiger partial charge < -0.3 is 0 Å². The van der Waals surface area contributed by atoms with Crippen LogP contribution in [-0.2, 0) is 14.9 Å². The van der Waals surface area contributed by atoms with Crippen LogP contribution in [0.25, 0.3) is 6.08 Å². The van der Waals surface area contributed by atoms with Gasteiger partial charge in [-0.25, -0.2) is 0 Å². The fourth-order valence-electron chi connectivity index (χ4n) is 4.08. The first-order chi connectivity index (χ1) is 10.5. The van der Waals surface area contributed by atoms with Gasteiger partial charge in [0.25, 0.3) is 10.1 Å². The summed E-state index contributed by atoms with van der Waals surface area (Å²) in [5.41, 5.74) is 0.834. The average Bonchev–Trinajstić information content (AvgIpc) is 2.74. The Morgan fingerprint density at radius 3 is 2.42 bits per heavy atom. The van der Waals surface area contributed by atoms with E-state index >= 15 is 0 Å². The number of hydrogen-bond acceptors (Lipinski definition) is 3. The molecule has 0 aromatic heterocycles. The SMILES string of the molecule is CC12CCC(C(=Cc3ccc(Cl)c(S(=O)(=O)O)c3)C1=O)C2(C)C.[Na]. The van der Waals surface area contributed by atoms with E-state index in [4.69, 9.17) is 11.6 Å². The van der Waals surface area contributed by atoms with E-state index in [9.17, 15) is 17.8 Å². The molecule has 4 nitrogen and oxygen atoms in total. The van der Waals surface area contributed by atoms with E-state index in [2.05, 4.69) is 13.8 Å². The summed E-state index contributed by atoms with van der Waals surface area (Å²) in [5.74, 6) is 0.312. The predicted octanol–water partition coefficient (Wildman–Crippen LogP) is 3.61. The number of carbonyl (C=O) groups is 1. The van der Waals surface area contributed by atoms with E-state index in [1.54, 1.807) is 12.1 Å². The van der Waals surface area contributed by atoms with Gasteiger partial charge in [0.05, 0.1) is 5.02 Å². The molecule has 2 fully saturated rings. The van der Waals surface area contributed by atoms with Gasteiger partial charge in [0.15, 0.2) is 5.78 Å². The molecular weight excluding hydrogens is 359 g/mol. The van der Waals surface area contributed by atoms with E-state index in [1.807, 2.05) is 6.92 Å². The third-order valence-electron chi connectivity index (χ3n) is 5.92. The molecule has 0 amide bonds. The molecular formula is C17H19ClNaO4S. The van der Waals surface area contributed by atoms with E-state index < -0.39 is 10.1 Å². The molecule has 2 bridgehead atoms. The van der Waals surface area contributed by atoms with Gasteiger partial charge in [-0.1, -0.05) is 38.4 Å². The number of ketones is 1. The van der Waals surface area contributed by atoms with Crippen molar-refractivity contribution in [1.29, 1.82) is 0 Å². The number of allylic oxidation sites excluding steroid dienone is 1. The van der Waals surface area contributed by atoms with Crippen LogP contribution in [0.15, 0.2) is 28.7 Å². The van der Waals surface area contributed by atoms with E-state index in [1.165, 1.54) is 12.1 Å². The summed E-state index contributed by atoms with van der Waals surface area (Å²) in [4.78, 5) is 12.5. The van der Waals surface area contributed by atoms with Crippen molar-refractivity contribution in [2.75, 3.05) is 0 Å². The van der Waals surface area contributed by atoms with Crippen LogP contribution in [-0.4, -0.2) is 48.3 Å². The monoisotopic (exact) mass is 377 g/mol. The molecule has 0 heterocycles. The average molecular weight is 378 g/mol. The minimum atomic E-state index is -4.39. The number of rotatable bonds is 2. The molecule has 24 heavy (non-hydrogen) atoms. The molecule has 0 saturated heterocycles. The van der Waals surface area contributed by atoms with Crippen LogP contribution in [0.3, 0.4) is 0 Å². The molecule has 125 valence electrons. The van der Waals surface area contributed by atoms with Gasteiger partial charge in [0.1, 0.15) is 4.90 Å².